The Bertz CT molecular complexity index is 803. The van der Waals surface area contributed by atoms with Gasteiger partial charge in [0.1, 0.15) is 5.69 Å². The molecular formula is C15H15N3O3. The van der Waals surface area contributed by atoms with Gasteiger partial charge < -0.3 is 9.52 Å². The summed E-state index contributed by atoms with van der Waals surface area (Å²) >= 11 is 0. The van der Waals surface area contributed by atoms with Crippen molar-refractivity contribution in [2.24, 2.45) is 0 Å². The number of aliphatic carboxylic acids is 1. The number of carboxylic acid groups (broad SMARTS) is 1. The first kappa shape index (κ1) is 13.4. The molecule has 0 aliphatic rings. The molecule has 0 fully saturated rings. The minimum absolute atomic E-state index is 0.0845. The molecule has 0 radical (unpaired) electrons. The number of fused-ring (bicyclic) bond motifs is 1. The van der Waals surface area contributed by atoms with Crippen LogP contribution in [0.5, 0.6) is 0 Å². The van der Waals surface area contributed by atoms with Crippen molar-refractivity contribution in [2.75, 3.05) is 0 Å². The van der Waals surface area contributed by atoms with E-state index < -0.39 is 5.97 Å². The maximum absolute atomic E-state index is 10.8. The summed E-state index contributed by atoms with van der Waals surface area (Å²) in [5.74, 6) is -0.129. The zero-order valence-corrected chi connectivity index (χ0v) is 11.8. The van der Waals surface area contributed by atoms with Crippen molar-refractivity contribution in [3.63, 3.8) is 0 Å². The summed E-state index contributed by atoms with van der Waals surface area (Å²) in [6, 6.07) is 5.51. The third-order valence-corrected chi connectivity index (χ3v) is 3.53. The molecule has 1 N–H and O–H groups in total. The normalized spacial score (nSPS) is 11.1. The van der Waals surface area contributed by atoms with Gasteiger partial charge in [-0.3, -0.25) is 4.79 Å². The zero-order valence-electron chi connectivity index (χ0n) is 11.8. The van der Waals surface area contributed by atoms with Crippen LogP contribution in [0.2, 0.25) is 0 Å². The number of aromatic nitrogens is 3. The first-order valence-corrected chi connectivity index (χ1v) is 6.68. The molecule has 0 bridgehead atoms. The average molecular weight is 285 g/mol. The highest BCUT2D eigenvalue weighted by molar-refractivity contribution is 5.67. The third kappa shape index (κ3) is 2.40. The van der Waals surface area contributed by atoms with Gasteiger partial charge in [0.2, 0.25) is 0 Å². The van der Waals surface area contributed by atoms with E-state index >= 15 is 0 Å². The lowest BCUT2D eigenvalue weighted by molar-refractivity contribution is -0.136. The van der Waals surface area contributed by atoms with Gasteiger partial charge in [-0.15, -0.1) is 0 Å². The first-order chi connectivity index (χ1) is 10.1. The number of rotatable bonds is 4. The van der Waals surface area contributed by atoms with Gasteiger partial charge >= 0.3 is 5.97 Å². The molecule has 3 rings (SSSR count). The van der Waals surface area contributed by atoms with Gasteiger partial charge in [-0.2, -0.15) is 5.10 Å². The quantitative estimate of drug-likeness (QED) is 0.797. The third-order valence-electron chi connectivity index (χ3n) is 3.53. The Morgan fingerprint density at radius 3 is 2.90 bits per heavy atom. The number of aryl methyl sites for hydroxylation is 2. The highest BCUT2D eigenvalue weighted by atomic mass is 16.4. The summed E-state index contributed by atoms with van der Waals surface area (Å²) in [5, 5.41) is 13.3. The summed E-state index contributed by atoms with van der Waals surface area (Å²) in [7, 11) is 0. The van der Waals surface area contributed by atoms with Gasteiger partial charge in [-0.25, -0.2) is 9.50 Å². The minimum Gasteiger partial charge on any atom is -0.481 e. The SMILES string of the molecule is Cc1nc2cc(-c3ccco3)nn2c(C)c1CCC(=O)O. The Hall–Kier alpha value is -2.63. The van der Waals surface area contributed by atoms with Crippen molar-refractivity contribution in [3.8, 4) is 11.5 Å². The van der Waals surface area contributed by atoms with Crippen LogP contribution in [0.1, 0.15) is 23.4 Å². The highest BCUT2D eigenvalue weighted by Gasteiger charge is 2.14. The topological polar surface area (TPSA) is 80.6 Å². The van der Waals surface area contributed by atoms with Crippen molar-refractivity contribution in [1.82, 2.24) is 14.6 Å². The van der Waals surface area contributed by atoms with Crippen molar-refractivity contribution < 1.29 is 14.3 Å². The molecule has 6 heteroatoms. The van der Waals surface area contributed by atoms with Crippen molar-refractivity contribution in [1.29, 1.82) is 0 Å². The van der Waals surface area contributed by atoms with Crippen LogP contribution in [0.25, 0.3) is 17.1 Å². The Kier molecular flexibility index (Phi) is 3.21. The van der Waals surface area contributed by atoms with E-state index in [4.69, 9.17) is 9.52 Å². The Morgan fingerprint density at radius 1 is 1.43 bits per heavy atom. The number of carbonyl (C=O) groups is 1. The lowest BCUT2D eigenvalue weighted by Crippen LogP contribution is -2.07. The Balaban J connectivity index is 2.09. The molecule has 0 atom stereocenters. The molecule has 0 amide bonds. The first-order valence-electron chi connectivity index (χ1n) is 6.68. The van der Waals surface area contributed by atoms with E-state index in [1.807, 2.05) is 32.0 Å². The van der Waals surface area contributed by atoms with Crippen LogP contribution in [0.3, 0.4) is 0 Å². The van der Waals surface area contributed by atoms with Crippen LogP contribution in [0, 0.1) is 13.8 Å². The molecule has 108 valence electrons. The van der Waals surface area contributed by atoms with Crippen LogP contribution in [0.4, 0.5) is 0 Å². The summed E-state index contributed by atoms with van der Waals surface area (Å²) in [6.07, 6.45) is 2.14. The molecule has 0 aliphatic heterocycles. The molecule has 0 saturated carbocycles. The lowest BCUT2D eigenvalue weighted by atomic mass is 10.1. The van der Waals surface area contributed by atoms with Crippen LogP contribution in [0.15, 0.2) is 28.9 Å². The molecule has 0 aromatic carbocycles. The smallest absolute Gasteiger partial charge is 0.303 e. The van der Waals surface area contributed by atoms with Crippen LogP contribution >= 0.6 is 0 Å². The van der Waals surface area contributed by atoms with Crippen LogP contribution in [-0.4, -0.2) is 25.7 Å². The average Bonchev–Trinajstić information content (AvgIpc) is 3.05. The van der Waals surface area contributed by atoms with E-state index in [9.17, 15) is 4.79 Å². The molecule has 3 aromatic rings. The van der Waals surface area contributed by atoms with Gasteiger partial charge in [0.05, 0.1) is 6.26 Å². The van der Waals surface area contributed by atoms with Gasteiger partial charge in [0.25, 0.3) is 0 Å². The summed E-state index contributed by atoms with van der Waals surface area (Å²) in [5.41, 5.74) is 4.13. The predicted octanol–water partition coefficient (Wildman–Crippen LogP) is 2.62. The lowest BCUT2D eigenvalue weighted by Gasteiger charge is -2.09. The molecule has 0 aliphatic carbocycles. The molecule has 0 spiro atoms. The molecule has 0 unspecified atom stereocenters. The van der Waals surface area contributed by atoms with Crippen LogP contribution in [-0.2, 0) is 11.2 Å². The van der Waals surface area contributed by atoms with E-state index in [0.29, 0.717) is 17.9 Å². The highest BCUT2D eigenvalue weighted by Crippen LogP contribution is 2.22. The second-order valence-corrected chi connectivity index (χ2v) is 4.93. The van der Waals surface area contributed by atoms with Gasteiger partial charge in [-0.05, 0) is 38.0 Å². The summed E-state index contributed by atoms with van der Waals surface area (Å²) in [4.78, 5) is 15.3. The fraction of sp³-hybridized carbons (Fsp3) is 0.267. The van der Waals surface area contributed by atoms with Crippen LogP contribution < -0.4 is 0 Å². The number of carboxylic acids is 1. The molecular weight excluding hydrogens is 270 g/mol. The number of nitrogens with zero attached hydrogens (tertiary/aromatic N) is 3. The van der Waals surface area contributed by atoms with E-state index in [2.05, 4.69) is 10.1 Å². The molecule has 21 heavy (non-hydrogen) atoms. The predicted molar refractivity (Wildman–Crippen MR) is 76.1 cm³/mol. The second-order valence-electron chi connectivity index (χ2n) is 4.93. The van der Waals surface area contributed by atoms with E-state index in [1.54, 1.807) is 10.8 Å². The van der Waals surface area contributed by atoms with E-state index in [0.717, 1.165) is 22.6 Å². The maximum Gasteiger partial charge on any atom is 0.303 e. The van der Waals surface area contributed by atoms with Gasteiger partial charge in [-0.1, -0.05) is 0 Å². The van der Waals surface area contributed by atoms with Gasteiger partial charge in [0.15, 0.2) is 11.4 Å². The maximum atomic E-state index is 10.8. The van der Waals surface area contributed by atoms with Crippen molar-refractivity contribution in [2.45, 2.75) is 26.7 Å². The molecule has 3 heterocycles. The van der Waals surface area contributed by atoms with Gasteiger partial charge in [0, 0.05) is 23.9 Å². The largest absolute Gasteiger partial charge is 0.481 e. The minimum atomic E-state index is -0.814. The van der Waals surface area contributed by atoms with E-state index in [1.165, 1.54) is 0 Å². The van der Waals surface area contributed by atoms with Crippen molar-refractivity contribution in [3.05, 3.63) is 41.4 Å². The Morgan fingerprint density at radius 2 is 2.24 bits per heavy atom. The number of hydrogen-bond acceptors (Lipinski definition) is 4. The standard InChI is InChI=1S/C15H15N3O3/c1-9-11(5-6-15(19)20)10(2)18-14(16-9)8-12(17-18)13-4-3-7-21-13/h3-4,7-8H,5-6H2,1-2H3,(H,19,20). The monoisotopic (exact) mass is 285 g/mol. The molecule has 6 nitrogen and oxygen atoms in total. The van der Waals surface area contributed by atoms with Crippen molar-refractivity contribution >= 4 is 11.6 Å². The molecule has 0 saturated heterocycles. The zero-order chi connectivity index (χ0) is 15.0. The Labute approximate surface area is 121 Å². The number of furan rings is 1. The second kappa shape index (κ2) is 5.05. The number of hydrogen-bond donors (Lipinski definition) is 1. The summed E-state index contributed by atoms with van der Waals surface area (Å²) < 4.78 is 7.09. The molecule has 3 aromatic heterocycles. The fourth-order valence-corrected chi connectivity index (χ4v) is 2.47. The fourth-order valence-electron chi connectivity index (χ4n) is 2.47. The van der Waals surface area contributed by atoms with E-state index in [-0.39, 0.29) is 6.42 Å². The summed E-state index contributed by atoms with van der Waals surface area (Å²) in [6.45, 7) is 3.82.